The molecule has 2 nitrogen and oxygen atoms in total. The summed E-state index contributed by atoms with van der Waals surface area (Å²) < 4.78 is 13.1. The lowest BCUT2D eigenvalue weighted by Gasteiger charge is -2.28. The van der Waals surface area contributed by atoms with Crippen LogP contribution >= 0.6 is 0 Å². The van der Waals surface area contributed by atoms with Crippen LogP contribution in [-0.2, 0) is 0 Å². The molecule has 1 unspecified atom stereocenters. The molecule has 0 saturated carbocycles. The second-order valence-electron chi connectivity index (χ2n) is 5.20. The molecule has 0 fully saturated rings. The van der Waals surface area contributed by atoms with E-state index in [1.807, 2.05) is 12.3 Å². The van der Waals surface area contributed by atoms with E-state index in [2.05, 4.69) is 29.9 Å². The molecule has 1 radical (unpaired) electrons. The van der Waals surface area contributed by atoms with Crippen molar-refractivity contribution in [3.05, 3.63) is 53.4 Å². The average molecular weight is 245 g/mol. The first-order chi connectivity index (χ1) is 8.63. The van der Waals surface area contributed by atoms with Gasteiger partial charge in [0.1, 0.15) is 5.83 Å². The summed E-state index contributed by atoms with van der Waals surface area (Å²) in [6, 6.07) is 0. The Bertz CT molecular complexity index is 540. The minimum absolute atomic E-state index is 0. The number of rotatable bonds is 1. The van der Waals surface area contributed by atoms with Crippen molar-refractivity contribution in [3.63, 3.8) is 0 Å². The fourth-order valence-corrected chi connectivity index (χ4v) is 2.77. The summed E-state index contributed by atoms with van der Waals surface area (Å²) in [6.07, 6.45) is 8.99. The van der Waals surface area contributed by atoms with Gasteiger partial charge in [-0.15, -0.1) is 0 Å². The second kappa shape index (κ2) is 4.32. The van der Waals surface area contributed by atoms with Crippen LogP contribution in [0.25, 0.3) is 0 Å². The molecule has 0 N–H and O–H groups in total. The van der Waals surface area contributed by atoms with Crippen LogP contribution in [0.15, 0.2) is 52.0 Å². The van der Waals surface area contributed by atoms with E-state index in [4.69, 9.17) is 0 Å². The molecule has 3 aliphatic rings. The quantitative estimate of drug-likeness (QED) is 0.693. The second-order valence-corrected chi connectivity index (χ2v) is 5.20. The Morgan fingerprint density at radius 2 is 2.22 bits per heavy atom. The first-order valence-corrected chi connectivity index (χ1v) is 6.24. The van der Waals surface area contributed by atoms with Crippen molar-refractivity contribution in [2.75, 3.05) is 20.1 Å². The minimum atomic E-state index is -0.227. The Labute approximate surface area is 108 Å². The normalized spacial score (nSPS) is 27.9. The van der Waals surface area contributed by atoms with Gasteiger partial charge in [0.25, 0.3) is 0 Å². The zero-order chi connectivity index (χ0) is 12.7. The molecular formula is C15H18FN2. The van der Waals surface area contributed by atoms with Crippen molar-refractivity contribution in [1.82, 2.24) is 4.90 Å². The summed E-state index contributed by atoms with van der Waals surface area (Å²) in [7, 11) is 2.13. The van der Waals surface area contributed by atoms with Crippen LogP contribution in [0.1, 0.15) is 8.35 Å². The van der Waals surface area contributed by atoms with Gasteiger partial charge in [-0.1, -0.05) is 13.0 Å². The third-order valence-corrected chi connectivity index (χ3v) is 3.45. The predicted octanol–water partition coefficient (Wildman–Crippen LogP) is 3.08. The molecule has 0 aromatic carbocycles. The molecule has 0 aromatic rings. The summed E-state index contributed by atoms with van der Waals surface area (Å²) in [5.41, 5.74) is 4.23. The van der Waals surface area contributed by atoms with E-state index in [0.717, 1.165) is 29.9 Å². The maximum absolute atomic E-state index is 13.1. The zero-order valence-electron chi connectivity index (χ0n) is 10.7. The molecule has 18 heavy (non-hydrogen) atoms. The highest BCUT2D eigenvalue weighted by atomic mass is 19.1. The average Bonchev–Trinajstić information content (AvgIpc) is 2.70. The first-order valence-electron chi connectivity index (χ1n) is 6.24. The highest BCUT2D eigenvalue weighted by Gasteiger charge is 2.26. The van der Waals surface area contributed by atoms with Gasteiger partial charge in [0.05, 0.1) is 12.1 Å². The van der Waals surface area contributed by atoms with E-state index < -0.39 is 0 Å². The smallest absolute Gasteiger partial charge is 0.110 e. The Balaban J connectivity index is 0.00000133. The third-order valence-electron chi connectivity index (χ3n) is 3.45. The fraction of sp³-hybridized carbons (Fsp3) is 0.333. The molecule has 95 valence electrons. The summed E-state index contributed by atoms with van der Waals surface area (Å²) in [5.74, 6) is 0.319. The molecule has 0 spiro atoms. The van der Waals surface area contributed by atoms with E-state index in [1.165, 1.54) is 18.1 Å². The summed E-state index contributed by atoms with van der Waals surface area (Å²) >= 11 is 0. The van der Waals surface area contributed by atoms with Gasteiger partial charge >= 0.3 is 0 Å². The lowest BCUT2D eigenvalue weighted by atomic mass is 9.89. The standard InChI is InChI=1S/C15H16FN2.H2/c1-10-5-11(9-18(2)8-10)14-7-17-15-6-12(16)3-4-13(14)15;/h3-7,10H,8-9H2,1-2H3;1H. The Morgan fingerprint density at radius 3 is 3.00 bits per heavy atom. The Hall–Kier alpha value is -1.48. The summed E-state index contributed by atoms with van der Waals surface area (Å²) in [5, 5.41) is 0. The fourth-order valence-electron chi connectivity index (χ4n) is 2.77. The molecule has 2 aliphatic heterocycles. The predicted molar refractivity (Wildman–Crippen MR) is 74.0 cm³/mol. The van der Waals surface area contributed by atoms with Crippen molar-refractivity contribution in [1.29, 1.82) is 0 Å². The monoisotopic (exact) mass is 245 g/mol. The van der Waals surface area contributed by atoms with Gasteiger partial charge in [0, 0.05) is 31.9 Å². The van der Waals surface area contributed by atoms with Crippen LogP contribution in [0.2, 0.25) is 0 Å². The number of aliphatic imine (C=N–C) groups is 1. The third kappa shape index (κ3) is 1.99. The van der Waals surface area contributed by atoms with E-state index >= 15 is 0 Å². The lowest BCUT2D eigenvalue weighted by molar-refractivity contribution is 0.315. The molecule has 0 saturated heterocycles. The van der Waals surface area contributed by atoms with Crippen molar-refractivity contribution < 1.29 is 5.82 Å². The minimum Gasteiger partial charge on any atom is -0.302 e. The van der Waals surface area contributed by atoms with Crippen molar-refractivity contribution in [3.8, 4) is 0 Å². The van der Waals surface area contributed by atoms with E-state index in [-0.39, 0.29) is 7.25 Å². The molecule has 0 bridgehead atoms. The first kappa shape index (κ1) is 11.6. The van der Waals surface area contributed by atoms with Gasteiger partial charge in [-0.2, -0.15) is 0 Å². The van der Waals surface area contributed by atoms with Crippen molar-refractivity contribution in [2.24, 2.45) is 10.9 Å². The Kier molecular flexibility index (Phi) is 2.78. The van der Waals surface area contributed by atoms with Crippen LogP contribution in [0.3, 0.4) is 0 Å². The van der Waals surface area contributed by atoms with Gasteiger partial charge in [0.2, 0.25) is 0 Å². The summed E-state index contributed by atoms with van der Waals surface area (Å²) in [6.45, 7) is 4.24. The van der Waals surface area contributed by atoms with Gasteiger partial charge < -0.3 is 4.90 Å². The van der Waals surface area contributed by atoms with Gasteiger partial charge in [-0.3, -0.25) is 4.99 Å². The van der Waals surface area contributed by atoms with E-state index in [9.17, 15) is 4.39 Å². The number of hydrogen-bond donors (Lipinski definition) is 0. The number of hydrogen-bond acceptors (Lipinski definition) is 2. The summed E-state index contributed by atoms with van der Waals surface area (Å²) in [4.78, 5) is 6.61. The van der Waals surface area contributed by atoms with Crippen molar-refractivity contribution >= 4 is 5.71 Å². The largest absolute Gasteiger partial charge is 0.302 e. The molecule has 0 aromatic heterocycles. The lowest BCUT2D eigenvalue weighted by Crippen LogP contribution is -2.31. The maximum atomic E-state index is 13.1. The molecular weight excluding hydrogens is 227 g/mol. The van der Waals surface area contributed by atoms with Crippen LogP contribution in [0, 0.1) is 12.3 Å². The van der Waals surface area contributed by atoms with E-state index in [1.54, 1.807) is 0 Å². The Morgan fingerprint density at radius 1 is 1.39 bits per heavy atom. The molecule has 3 heteroatoms. The molecule has 1 aliphatic carbocycles. The van der Waals surface area contributed by atoms with E-state index in [0.29, 0.717) is 5.92 Å². The molecule has 0 amide bonds. The molecule has 2 heterocycles. The van der Waals surface area contributed by atoms with Crippen LogP contribution in [-0.4, -0.2) is 30.7 Å². The number of nitrogens with zero attached hydrogens (tertiary/aromatic N) is 2. The molecule has 1 atom stereocenters. The van der Waals surface area contributed by atoms with Gasteiger partial charge in [-0.05, 0) is 30.7 Å². The van der Waals surface area contributed by atoms with Crippen LogP contribution in [0.4, 0.5) is 4.39 Å². The van der Waals surface area contributed by atoms with Crippen LogP contribution in [0.5, 0.6) is 0 Å². The van der Waals surface area contributed by atoms with Gasteiger partial charge in [-0.25, -0.2) is 4.39 Å². The SMILES string of the molecule is CC1C=C(C2=CN=C3[CH]C(F)=CC=C23)CN(C)C1.[HH]. The number of likely N-dealkylation sites (N-methyl/N-ethyl adjacent to an activating group) is 1. The van der Waals surface area contributed by atoms with Crippen molar-refractivity contribution in [2.45, 2.75) is 6.92 Å². The number of fused-ring (bicyclic) bond motifs is 1. The molecule has 3 rings (SSSR count). The zero-order valence-corrected chi connectivity index (χ0v) is 10.7. The maximum Gasteiger partial charge on any atom is 0.110 e. The number of halogens is 1. The topological polar surface area (TPSA) is 15.6 Å². The highest BCUT2D eigenvalue weighted by Crippen LogP contribution is 2.33. The number of allylic oxidation sites excluding steroid dienone is 4. The highest BCUT2D eigenvalue weighted by molar-refractivity contribution is 6.15. The van der Waals surface area contributed by atoms with Gasteiger partial charge in [0.15, 0.2) is 0 Å². The van der Waals surface area contributed by atoms with Crippen LogP contribution < -0.4 is 0 Å².